The summed E-state index contributed by atoms with van der Waals surface area (Å²) < 4.78 is 7.46. The molecule has 0 aliphatic carbocycles. The standard InChI is InChI=1S/C16H12N4OS/c1-2-15(22-9-1)16-19-13(11-21-16)10-20-14(5-8-18-20)12-3-6-17-7-4-12/h1-9,11H,10H2. The van der Waals surface area contributed by atoms with E-state index in [0.29, 0.717) is 12.4 Å². The van der Waals surface area contributed by atoms with Gasteiger partial charge in [0.1, 0.15) is 12.0 Å². The summed E-state index contributed by atoms with van der Waals surface area (Å²) in [5.74, 6) is 0.655. The average molecular weight is 308 g/mol. The first-order valence-corrected chi connectivity index (χ1v) is 7.68. The molecule has 0 bridgehead atoms. The predicted molar refractivity (Wildman–Crippen MR) is 84.4 cm³/mol. The second kappa shape index (κ2) is 5.57. The molecule has 4 aromatic rings. The van der Waals surface area contributed by atoms with Crippen LogP contribution in [0.25, 0.3) is 22.0 Å². The Hall–Kier alpha value is -2.73. The van der Waals surface area contributed by atoms with Crippen molar-refractivity contribution in [2.45, 2.75) is 6.54 Å². The quantitative estimate of drug-likeness (QED) is 0.576. The highest BCUT2D eigenvalue weighted by molar-refractivity contribution is 7.13. The Morgan fingerprint density at radius 2 is 2.00 bits per heavy atom. The van der Waals surface area contributed by atoms with Gasteiger partial charge in [0.15, 0.2) is 0 Å². The fourth-order valence-corrected chi connectivity index (χ4v) is 2.93. The lowest BCUT2D eigenvalue weighted by molar-refractivity contribution is 0.571. The topological polar surface area (TPSA) is 56.7 Å². The van der Waals surface area contributed by atoms with Crippen LogP contribution in [0.3, 0.4) is 0 Å². The zero-order valence-electron chi connectivity index (χ0n) is 11.6. The van der Waals surface area contributed by atoms with E-state index in [1.807, 2.05) is 40.4 Å². The molecule has 0 saturated heterocycles. The minimum absolute atomic E-state index is 0.569. The summed E-state index contributed by atoms with van der Waals surface area (Å²) >= 11 is 1.61. The van der Waals surface area contributed by atoms with E-state index in [4.69, 9.17) is 4.42 Å². The molecule has 22 heavy (non-hydrogen) atoms. The second-order valence-corrected chi connectivity index (χ2v) is 5.68. The maximum atomic E-state index is 5.55. The molecule has 4 heterocycles. The average Bonchev–Trinajstić information content (AvgIpc) is 3.30. The molecular weight excluding hydrogens is 296 g/mol. The van der Waals surface area contributed by atoms with Gasteiger partial charge in [-0.25, -0.2) is 4.98 Å². The summed E-state index contributed by atoms with van der Waals surface area (Å²) in [5.41, 5.74) is 2.96. The van der Waals surface area contributed by atoms with Crippen LogP contribution in [0.4, 0.5) is 0 Å². The van der Waals surface area contributed by atoms with Gasteiger partial charge < -0.3 is 4.42 Å². The third-order valence-electron chi connectivity index (χ3n) is 3.29. The van der Waals surface area contributed by atoms with Crippen molar-refractivity contribution in [3.8, 4) is 22.0 Å². The molecule has 0 aromatic carbocycles. The van der Waals surface area contributed by atoms with Gasteiger partial charge in [0.25, 0.3) is 0 Å². The van der Waals surface area contributed by atoms with Gasteiger partial charge in [-0.15, -0.1) is 11.3 Å². The molecule has 0 amide bonds. The van der Waals surface area contributed by atoms with E-state index in [2.05, 4.69) is 15.1 Å². The third-order valence-corrected chi connectivity index (χ3v) is 4.15. The molecule has 5 nitrogen and oxygen atoms in total. The van der Waals surface area contributed by atoms with Gasteiger partial charge in [-0.1, -0.05) is 6.07 Å². The molecule has 0 aliphatic rings. The molecule has 4 rings (SSSR count). The molecule has 0 atom stereocenters. The summed E-state index contributed by atoms with van der Waals surface area (Å²) in [5, 5.41) is 6.39. The molecule has 6 heteroatoms. The van der Waals surface area contributed by atoms with E-state index in [0.717, 1.165) is 21.8 Å². The van der Waals surface area contributed by atoms with Gasteiger partial charge in [-0.3, -0.25) is 9.67 Å². The van der Waals surface area contributed by atoms with E-state index >= 15 is 0 Å². The molecule has 0 unspecified atom stereocenters. The van der Waals surface area contributed by atoms with Crippen LogP contribution in [0.15, 0.2) is 65.0 Å². The highest BCUT2D eigenvalue weighted by Gasteiger charge is 2.11. The number of thiophene rings is 1. The van der Waals surface area contributed by atoms with Crippen LogP contribution in [0.2, 0.25) is 0 Å². The number of aromatic nitrogens is 4. The van der Waals surface area contributed by atoms with Crippen LogP contribution < -0.4 is 0 Å². The normalized spacial score (nSPS) is 10.9. The van der Waals surface area contributed by atoms with E-state index in [9.17, 15) is 0 Å². The van der Waals surface area contributed by atoms with Gasteiger partial charge in [0.2, 0.25) is 5.89 Å². The maximum Gasteiger partial charge on any atom is 0.236 e. The number of hydrogen-bond donors (Lipinski definition) is 0. The Kier molecular flexibility index (Phi) is 3.29. The SMILES string of the molecule is c1csc(-c2nc(Cn3nccc3-c3ccncc3)co2)c1. The summed E-state index contributed by atoms with van der Waals surface area (Å²) in [6, 6.07) is 9.89. The third kappa shape index (κ3) is 2.44. The fourth-order valence-electron chi connectivity index (χ4n) is 2.27. The zero-order valence-corrected chi connectivity index (χ0v) is 12.4. The predicted octanol–water partition coefficient (Wildman–Crippen LogP) is 3.71. The first-order valence-electron chi connectivity index (χ1n) is 6.80. The van der Waals surface area contributed by atoms with Gasteiger partial charge in [0.05, 0.1) is 17.1 Å². The lowest BCUT2D eigenvalue weighted by Gasteiger charge is -2.05. The molecule has 108 valence electrons. The summed E-state index contributed by atoms with van der Waals surface area (Å²) in [4.78, 5) is 9.61. The van der Waals surface area contributed by atoms with Crippen molar-refractivity contribution < 1.29 is 4.42 Å². The van der Waals surface area contributed by atoms with Crippen molar-refractivity contribution in [2.24, 2.45) is 0 Å². The lowest BCUT2D eigenvalue weighted by Crippen LogP contribution is -2.03. The number of rotatable bonds is 4. The second-order valence-electron chi connectivity index (χ2n) is 4.73. The van der Waals surface area contributed by atoms with Crippen molar-refractivity contribution in [3.05, 3.63) is 66.3 Å². The summed E-state index contributed by atoms with van der Waals surface area (Å²) in [7, 11) is 0. The molecule has 0 aliphatic heterocycles. The Morgan fingerprint density at radius 1 is 1.09 bits per heavy atom. The molecular formula is C16H12N4OS. The monoisotopic (exact) mass is 308 g/mol. The van der Waals surface area contributed by atoms with Crippen LogP contribution in [-0.2, 0) is 6.54 Å². The van der Waals surface area contributed by atoms with Crippen molar-refractivity contribution in [3.63, 3.8) is 0 Å². The number of oxazole rings is 1. The van der Waals surface area contributed by atoms with Gasteiger partial charge in [0, 0.05) is 24.2 Å². The number of hydrogen-bond acceptors (Lipinski definition) is 5. The highest BCUT2D eigenvalue weighted by Crippen LogP contribution is 2.24. The van der Waals surface area contributed by atoms with E-state index < -0.39 is 0 Å². The van der Waals surface area contributed by atoms with Crippen LogP contribution in [0.5, 0.6) is 0 Å². The fraction of sp³-hybridized carbons (Fsp3) is 0.0625. The molecule has 0 saturated carbocycles. The van der Waals surface area contributed by atoms with Crippen molar-refractivity contribution in [1.82, 2.24) is 19.7 Å². The summed E-state index contributed by atoms with van der Waals surface area (Å²) in [6.07, 6.45) is 7.03. The van der Waals surface area contributed by atoms with Crippen LogP contribution >= 0.6 is 11.3 Å². The lowest BCUT2D eigenvalue weighted by atomic mass is 10.2. The number of nitrogens with zero attached hydrogens (tertiary/aromatic N) is 4. The van der Waals surface area contributed by atoms with E-state index in [1.165, 1.54) is 0 Å². The molecule has 0 radical (unpaired) electrons. The zero-order chi connectivity index (χ0) is 14.8. The Bertz CT molecular complexity index is 865. The van der Waals surface area contributed by atoms with Crippen molar-refractivity contribution in [1.29, 1.82) is 0 Å². The largest absolute Gasteiger partial charge is 0.443 e. The molecule has 4 aromatic heterocycles. The van der Waals surface area contributed by atoms with Crippen LogP contribution in [0, 0.1) is 0 Å². The first kappa shape index (κ1) is 13.0. The first-order chi connectivity index (χ1) is 10.9. The van der Waals surface area contributed by atoms with Gasteiger partial charge >= 0.3 is 0 Å². The Labute approximate surface area is 130 Å². The smallest absolute Gasteiger partial charge is 0.236 e. The molecule has 0 spiro atoms. The van der Waals surface area contributed by atoms with E-state index in [1.54, 1.807) is 36.2 Å². The minimum Gasteiger partial charge on any atom is -0.443 e. The Balaban J connectivity index is 1.61. The van der Waals surface area contributed by atoms with E-state index in [-0.39, 0.29) is 0 Å². The van der Waals surface area contributed by atoms with Crippen molar-refractivity contribution >= 4 is 11.3 Å². The molecule has 0 fully saturated rings. The highest BCUT2D eigenvalue weighted by atomic mass is 32.1. The minimum atomic E-state index is 0.569. The maximum absolute atomic E-state index is 5.55. The van der Waals surface area contributed by atoms with Crippen LogP contribution in [0.1, 0.15) is 5.69 Å². The van der Waals surface area contributed by atoms with Crippen LogP contribution in [-0.4, -0.2) is 19.7 Å². The van der Waals surface area contributed by atoms with Gasteiger partial charge in [-0.05, 0) is 29.6 Å². The van der Waals surface area contributed by atoms with Gasteiger partial charge in [-0.2, -0.15) is 5.10 Å². The Morgan fingerprint density at radius 3 is 2.82 bits per heavy atom. The van der Waals surface area contributed by atoms with Crippen molar-refractivity contribution in [2.75, 3.05) is 0 Å². The molecule has 0 N–H and O–H groups in total. The number of pyridine rings is 1. The summed E-state index contributed by atoms with van der Waals surface area (Å²) in [6.45, 7) is 0.569.